The number of imidazole rings is 1. The minimum Gasteiger partial charge on any atom is -0.507 e. The number of phenols is 1. The lowest BCUT2D eigenvalue weighted by Crippen LogP contribution is -2.22. The molecule has 0 amide bonds. The average Bonchev–Trinajstić information content (AvgIpc) is 2.99. The van der Waals surface area contributed by atoms with Crippen molar-refractivity contribution in [1.29, 1.82) is 0 Å². The van der Waals surface area contributed by atoms with Crippen molar-refractivity contribution < 1.29 is 5.11 Å². The van der Waals surface area contributed by atoms with Gasteiger partial charge in [0.1, 0.15) is 5.75 Å². The number of benzene rings is 2. The van der Waals surface area contributed by atoms with E-state index in [1.807, 2.05) is 30.3 Å². The first-order valence-corrected chi connectivity index (χ1v) is 7.25. The van der Waals surface area contributed by atoms with Crippen LogP contribution < -0.4 is 10.1 Å². The smallest absolute Gasteiger partial charge is 0.274 e. The van der Waals surface area contributed by atoms with Crippen LogP contribution in [0.15, 0.2) is 53.3 Å². The van der Waals surface area contributed by atoms with Crippen LogP contribution in [-0.2, 0) is 0 Å². The number of phenolic OH excluding ortho intramolecular Hbond substituents is 1. The van der Waals surface area contributed by atoms with Crippen molar-refractivity contribution in [2.75, 3.05) is 0 Å². The molecule has 0 aliphatic carbocycles. The van der Waals surface area contributed by atoms with Gasteiger partial charge in [0.25, 0.3) is 5.56 Å². The fourth-order valence-corrected chi connectivity index (χ4v) is 3.34. The normalized spacial score (nSPS) is 12.5. The summed E-state index contributed by atoms with van der Waals surface area (Å²) in [6.07, 6.45) is 1.70. The van der Waals surface area contributed by atoms with Crippen molar-refractivity contribution in [2.45, 2.75) is 0 Å². The molecule has 0 atom stereocenters. The van der Waals surface area contributed by atoms with Crippen molar-refractivity contribution in [2.24, 2.45) is 0 Å². The summed E-state index contributed by atoms with van der Waals surface area (Å²) in [6, 6.07) is 14.5. The van der Waals surface area contributed by atoms with Crippen molar-refractivity contribution in [3.8, 4) is 5.75 Å². The second-order valence-electron chi connectivity index (χ2n) is 4.69. The summed E-state index contributed by atoms with van der Waals surface area (Å²) >= 11 is 1.33. The first-order valence-electron chi connectivity index (χ1n) is 6.44. The monoisotopic (exact) mass is 294 g/mol. The number of aromatic nitrogens is 2. The number of rotatable bonds is 1. The molecular weight excluding hydrogens is 284 g/mol. The van der Waals surface area contributed by atoms with Crippen LogP contribution in [0.3, 0.4) is 0 Å². The predicted octanol–water partition coefficient (Wildman–Crippen LogP) is 2.16. The fourth-order valence-electron chi connectivity index (χ4n) is 2.36. The van der Waals surface area contributed by atoms with Crippen molar-refractivity contribution >= 4 is 33.4 Å². The van der Waals surface area contributed by atoms with Gasteiger partial charge in [0.2, 0.25) is 0 Å². The third-order valence-corrected chi connectivity index (χ3v) is 4.34. The van der Waals surface area contributed by atoms with Crippen LogP contribution in [-0.4, -0.2) is 14.5 Å². The highest BCUT2D eigenvalue weighted by atomic mass is 32.1. The van der Waals surface area contributed by atoms with E-state index in [4.69, 9.17) is 0 Å². The van der Waals surface area contributed by atoms with E-state index in [1.54, 1.807) is 28.7 Å². The van der Waals surface area contributed by atoms with Crippen LogP contribution in [0.4, 0.5) is 0 Å². The summed E-state index contributed by atoms with van der Waals surface area (Å²) in [5.74, 6) is 0.160. The van der Waals surface area contributed by atoms with Gasteiger partial charge in [-0.2, -0.15) is 0 Å². The van der Waals surface area contributed by atoms with Crippen LogP contribution in [0.2, 0.25) is 0 Å². The Kier molecular flexibility index (Phi) is 2.55. The van der Waals surface area contributed by atoms with Gasteiger partial charge < -0.3 is 5.11 Å². The van der Waals surface area contributed by atoms with Gasteiger partial charge in [0, 0.05) is 5.56 Å². The minimum atomic E-state index is -0.105. The van der Waals surface area contributed by atoms with Gasteiger partial charge in [-0.25, -0.2) is 9.38 Å². The standard InChI is InChI=1S/C16H10N2O2S/c19-13-8-4-1-5-10(13)9-14-15(20)18-12-7-3-2-6-11(12)17-16(18)21-14/h1-9,19H. The molecule has 102 valence electrons. The molecular formula is C16H10N2O2S. The molecule has 4 aromatic rings. The summed E-state index contributed by atoms with van der Waals surface area (Å²) in [5, 5.41) is 9.81. The Hall–Kier alpha value is -2.66. The van der Waals surface area contributed by atoms with Gasteiger partial charge in [-0.3, -0.25) is 4.79 Å². The van der Waals surface area contributed by atoms with E-state index in [2.05, 4.69) is 4.98 Å². The molecule has 21 heavy (non-hydrogen) atoms. The van der Waals surface area contributed by atoms with E-state index < -0.39 is 0 Å². The summed E-state index contributed by atoms with van der Waals surface area (Å²) in [7, 11) is 0. The van der Waals surface area contributed by atoms with Crippen molar-refractivity contribution in [3.63, 3.8) is 0 Å². The number of hydrogen-bond acceptors (Lipinski definition) is 4. The van der Waals surface area contributed by atoms with E-state index in [0.29, 0.717) is 15.1 Å². The second kappa shape index (κ2) is 4.43. The largest absolute Gasteiger partial charge is 0.507 e. The fraction of sp³-hybridized carbons (Fsp3) is 0. The zero-order chi connectivity index (χ0) is 14.4. The zero-order valence-electron chi connectivity index (χ0n) is 10.9. The Bertz CT molecular complexity index is 1080. The van der Waals surface area contributed by atoms with Gasteiger partial charge >= 0.3 is 0 Å². The lowest BCUT2D eigenvalue weighted by molar-refractivity contribution is 0.474. The Morgan fingerprint density at radius 2 is 1.86 bits per heavy atom. The van der Waals surface area contributed by atoms with E-state index >= 15 is 0 Å². The van der Waals surface area contributed by atoms with Gasteiger partial charge in [-0.05, 0) is 24.3 Å². The predicted molar refractivity (Wildman–Crippen MR) is 83.7 cm³/mol. The Labute approximate surface area is 123 Å². The summed E-state index contributed by atoms with van der Waals surface area (Å²) < 4.78 is 2.18. The lowest BCUT2D eigenvalue weighted by atomic mass is 10.2. The maximum absolute atomic E-state index is 12.5. The van der Waals surface area contributed by atoms with E-state index in [0.717, 1.165) is 11.0 Å². The number of hydrogen-bond donors (Lipinski definition) is 1. The summed E-state index contributed by atoms with van der Waals surface area (Å²) in [5.41, 5.74) is 2.15. The zero-order valence-corrected chi connectivity index (χ0v) is 11.7. The average molecular weight is 294 g/mol. The molecule has 2 aromatic heterocycles. The van der Waals surface area contributed by atoms with E-state index in [-0.39, 0.29) is 11.3 Å². The molecule has 0 saturated heterocycles. The highest BCUT2D eigenvalue weighted by molar-refractivity contribution is 7.15. The molecule has 0 spiro atoms. The third kappa shape index (κ3) is 1.82. The van der Waals surface area contributed by atoms with E-state index in [9.17, 15) is 9.90 Å². The van der Waals surface area contributed by atoms with Crippen LogP contribution in [0.25, 0.3) is 22.1 Å². The molecule has 2 heterocycles. The molecule has 0 aliphatic rings. The lowest BCUT2D eigenvalue weighted by Gasteiger charge is -1.95. The maximum Gasteiger partial charge on any atom is 0.274 e. The van der Waals surface area contributed by atoms with Crippen LogP contribution >= 0.6 is 11.3 Å². The second-order valence-corrected chi connectivity index (χ2v) is 5.70. The minimum absolute atomic E-state index is 0.105. The van der Waals surface area contributed by atoms with Crippen LogP contribution in [0.1, 0.15) is 5.56 Å². The van der Waals surface area contributed by atoms with Crippen molar-refractivity contribution in [3.05, 3.63) is 69.0 Å². The first-order chi connectivity index (χ1) is 10.2. The van der Waals surface area contributed by atoms with Gasteiger partial charge in [-0.1, -0.05) is 41.7 Å². The molecule has 0 radical (unpaired) electrons. The summed E-state index contributed by atoms with van der Waals surface area (Å²) in [4.78, 5) is 17.7. The SMILES string of the molecule is O=c1c(=Cc2ccccc2O)sc2nc3ccccc3n12. The van der Waals surface area contributed by atoms with Crippen molar-refractivity contribution in [1.82, 2.24) is 9.38 Å². The Morgan fingerprint density at radius 3 is 2.71 bits per heavy atom. The Balaban J connectivity index is 2.06. The Morgan fingerprint density at radius 1 is 1.10 bits per heavy atom. The molecule has 0 aliphatic heterocycles. The summed E-state index contributed by atoms with van der Waals surface area (Å²) in [6.45, 7) is 0. The quantitative estimate of drug-likeness (QED) is 0.585. The number of aromatic hydroxyl groups is 1. The van der Waals surface area contributed by atoms with Crippen LogP contribution in [0.5, 0.6) is 5.75 Å². The molecule has 0 unspecified atom stereocenters. The molecule has 1 N–H and O–H groups in total. The van der Waals surface area contributed by atoms with Gasteiger partial charge in [0.05, 0.1) is 15.6 Å². The molecule has 4 rings (SSSR count). The maximum atomic E-state index is 12.5. The first kappa shape index (κ1) is 12.1. The third-order valence-electron chi connectivity index (χ3n) is 3.37. The molecule has 4 nitrogen and oxygen atoms in total. The molecule has 5 heteroatoms. The molecule has 0 fully saturated rings. The number of para-hydroxylation sites is 3. The van der Waals surface area contributed by atoms with E-state index in [1.165, 1.54) is 11.3 Å². The highest BCUT2D eigenvalue weighted by Gasteiger charge is 2.10. The van der Waals surface area contributed by atoms with Gasteiger partial charge in [0.15, 0.2) is 4.96 Å². The van der Waals surface area contributed by atoms with Gasteiger partial charge in [-0.15, -0.1) is 0 Å². The highest BCUT2D eigenvalue weighted by Crippen LogP contribution is 2.18. The topological polar surface area (TPSA) is 54.6 Å². The number of thiazole rings is 1. The number of nitrogens with zero attached hydrogens (tertiary/aromatic N) is 2. The molecule has 2 aromatic carbocycles. The number of fused-ring (bicyclic) bond motifs is 3. The van der Waals surface area contributed by atoms with Crippen LogP contribution in [0, 0.1) is 0 Å². The molecule has 0 bridgehead atoms. The molecule has 0 saturated carbocycles.